The monoisotopic (exact) mass is 397 g/mol. The van der Waals surface area contributed by atoms with Gasteiger partial charge in [-0.25, -0.2) is 9.78 Å². The summed E-state index contributed by atoms with van der Waals surface area (Å²) in [6.07, 6.45) is 6.71. The lowest BCUT2D eigenvalue weighted by molar-refractivity contribution is 0.0952. The Hall–Kier alpha value is -2.83. The van der Waals surface area contributed by atoms with Gasteiger partial charge < -0.3 is 20.1 Å². The summed E-state index contributed by atoms with van der Waals surface area (Å²) < 4.78 is 2.01. The van der Waals surface area contributed by atoms with Crippen molar-refractivity contribution in [3.8, 4) is 0 Å². The molecule has 3 amide bonds. The third-order valence-electron chi connectivity index (χ3n) is 5.53. The molecule has 2 N–H and O–H groups in total. The SMILES string of the molecule is CCNC(=O)N1CCC(Cc2ccc(C(=O)NCCn3ccnc3C)cc2)CC1. The molecular formula is C22H31N5O2. The minimum absolute atomic E-state index is 0.0458. The molecule has 1 aliphatic rings. The third-order valence-corrected chi connectivity index (χ3v) is 5.53. The van der Waals surface area contributed by atoms with E-state index in [2.05, 4.69) is 15.6 Å². The van der Waals surface area contributed by atoms with Crippen LogP contribution in [0.2, 0.25) is 0 Å². The quantitative estimate of drug-likeness (QED) is 0.754. The number of hydrogen-bond acceptors (Lipinski definition) is 3. The Kier molecular flexibility index (Phi) is 7.27. The van der Waals surface area contributed by atoms with E-state index in [-0.39, 0.29) is 11.9 Å². The molecule has 7 heteroatoms. The van der Waals surface area contributed by atoms with Gasteiger partial charge in [-0.15, -0.1) is 0 Å². The highest BCUT2D eigenvalue weighted by molar-refractivity contribution is 5.94. The van der Waals surface area contributed by atoms with Gasteiger partial charge in [0.2, 0.25) is 0 Å². The lowest BCUT2D eigenvalue weighted by atomic mass is 9.90. The van der Waals surface area contributed by atoms with E-state index in [0.717, 1.165) is 38.2 Å². The second-order valence-electron chi connectivity index (χ2n) is 7.59. The fourth-order valence-electron chi connectivity index (χ4n) is 3.76. The van der Waals surface area contributed by atoms with E-state index in [9.17, 15) is 9.59 Å². The summed E-state index contributed by atoms with van der Waals surface area (Å²) >= 11 is 0. The summed E-state index contributed by atoms with van der Waals surface area (Å²) in [5.74, 6) is 1.48. The van der Waals surface area contributed by atoms with Crippen molar-refractivity contribution >= 4 is 11.9 Å². The molecule has 29 heavy (non-hydrogen) atoms. The second-order valence-corrected chi connectivity index (χ2v) is 7.59. The number of urea groups is 1. The number of nitrogens with zero attached hydrogens (tertiary/aromatic N) is 3. The van der Waals surface area contributed by atoms with Crippen LogP contribution in [-0.4, -0.2) is 52.6 Å². The predicted molar refractivity (Wildman–Crippen MR) is 113 cm³/mol. The van der Waals surface area contributed by atoms with Crippen molar-refractivity contribution in [1.29, 1.82) is 0 Å². The van der Waals surface area contributed by atoms with Crippen molar-refractivity contribution in [3.05, 3.63) is 53.6 Å². The first-order chi connectivity index (χ1) is 14.1. The molecular weight excluding hydrogens is 366 g/mol. The number of amides is 3. The third kappa shape index (κ3) is 5.82. The molecule has 7 nitrogen and oxygen atoms in total. The number of hydrogen-bond donors (Lipinski definition) is 2. The highest BCUT2D eigenvalue weighted by Gasteiger charge is 2.22. The molecule has 0 atom stereocenters. The summed E-state index contributed by atoms with van der Waals surface area (Å²) in [6.45, 7) is 7.47. The molecule has 1 aromatic heterocycles. The van der Waals surface area contributed by atoms with Crippen LogP contribution in [0.15, 0.2) is 36.7 Å². The Morgan fingerprint density at radius 1 is 1.14 bits per heavy atom. The first kappa shape index (κ1) is 20.9. The number of carbonyl (C=O) groups is 2. The maximum atomic E-state index is 12.3. The van der Waals surface area contributed by atoms with Crippen LogP contribution < -0.4 is 10.6 Å². The van der Waals surface area contributed by atoms with Gasteiger partial charge in [0.1, 0.15) is 5.82 Å². The number of piperidine rings is 1. The summed E-state index contributed by atoms with van der Waals surface area (Å²) in [4.78, 5) is 30.3. The predicted octanol–water partition coefficient (Wildman–Crippen LogP) is 2.61. The van der Waals surface area contributed by atoms with Gasteiger partial charge in [-0.1, -0.05) is 12.1 Å². The molecule has 3 rings (SSSR count). The fourth-order valence-corrected chi connectivity index (χ4v) is 3.76. The Labute approximate surface area is 172 Å². The van der Waals surface area contributed by atoms with Gasteiger partial charge in [-0.3, -0.25) is 4.79 Å². The number of aryl methyl sites for hydroxylation is 1. The summed E-state index contributed by atoms with van der Waals surface area (Å²) in [6, 6.07) is 7.94. The maximum Gasteiger partial charge on any atom is 0.317 e. The van der Waals surface area contributed by atoms with Crippen molar-refractivity contribution in [1.82, 2.24) is 25.1 Å². The fraction of sp³-hybridized carbons (Fsp3) is 0.500. The first-order valence-electron chi connectivity index (χ1n) is 10.4. The van der Waals surface area contributed by atoms with Gasteiger partial charge in [0.05, 0.1) is 0 Å². The Bertz CT molecular complexity index is 807. The molecule has 0 aliphatic carbocycles. The van der Waals surface area contributed by atoms with E-state index < -0.39 is 0 Å². The number of benzene rings is 1. The number of likely N-dealkylation sites (tertiary alicyclic amines) is 1. The smallest absolute Gasteiger partial charge is 0.317 e. The van der Waals surface area contributed by atoms with Gasteiger partial charge in [0.15, 0.2) is 0 Å². The minimum Gasteiger partial charge on any atom is -0.350 e. The summed E-state index contributed by atoms with van der Waals surface area (Å²) in [5, 5.41) is 5.83. The van der Waals surface area contributed by atoms with E-state index in [0.29, 0.717) is 31.1 Å². The lowest BCUT2D eigenvalue weighted by Gasteiger charge is -2.32. The normalized spacial score (nSPS) is 14.6. The lowest BCUT2D eigenvalue weighted by Crippen LogP contribution is -2.44. The molecule has 156 valence electrons. The average Bonchev–Trinajstić information content (AvgIpc) is 3.14. The van der Waals surface area contributed by atoms with Crippen LogP contribution in [0.5, 0.6) is 0 Å². The van der Waals surface area contributed by atoms with Crippen LogP contribution >= 0.6 is 0 Å². The zero-order chi connectivity index (χ0) is 20.6. The molecule has 0 saturated carbocycles. The zero-order valence-electron chi connectivity index (χ0n) is 17.4. The number of imidazole rings is 1. The molecule has 1 fully saturated rings. The van der Waals surface area contributed by atoms with Crippen molar-refractivity contribution in [2.75, 3.05) is 26.2 Å². The second kappa shape index (κ2) is 10.1. The molecule has 0 radical (unpaired) electrons. The van der Waals surface area contributed by atoms with Gasteiger partial charge in [-0.05, 0) is 56.7 Å². The molecule has 1 saturated heterocycles. The topological polar surface area (TPSA) is 79.3 Å². The largest absolute Gasteiger partial charge is 0.350 e. The van der Waals surface area contributed by atoms with Crippen LogP contribution in [-0.2, 0) is 13.0 Å². The molecule has 0 spiro atoms. The minimum atomic E-state index is -0.0513. The van der Waals surface area contributed by atoms with Gasteiger partial charge in [-0.2, -0.15) is 0 Å². The number of nitrogens with one attached hydrogen (secondary N) is 2. The van der Waals surface area contributed by atoms with E-state index >= 15 is 0 Å². The van der Waals surface area contributed by atoms with E-state index in [4.69, 9.17) is 0 Å². The molecule has 1 aromatic carbocycles. The van der Waals surface area contributed by atoms with Crippen molar-refractivity contribution in [2.24, 2.45) is 5.92 Å². The van der Waals surface area contributed by atoms with E-state index in [1.165, 1.54) is 5.56 Å². The van der Waals surface area contributed by atoms with Crippen LogP contribution in [0.25, 0.3) is 0 Å². The number of rotatable bonds is 7. The molecule has 1 aliphatic heterocycles. The molecule has 0 unspecified atom stereocenters. The van der Waals surface area contributed by atoms with Crippen LogP contribution in [0, 0.1) is 12.8 Å². The van der Waals surface area contributed by atoms with Crippen LogP contribution in [0.4, 0.5) is 4.79 Å². The van der Waals surface area contributed by atoms with Crippen LogP contribution in [0.1, 0.15) is 41.5 Å². The van der Waals surface area contributed by atoms with Crippen molar-refractivity contribution in [3.63, 3.8) is 0 Å². The van der Waals surface area contributed by atoms with Crippen LogP contribution in [0.3, 0.4) is 0 Å². The Balaban J connectivity index is 1.42. The maximum absolute atomic E-state index is 12.3. The van der Waals surface area contributed by atoms with Gasteiger partial charge in [0, 0.05) is 50.7 Å². The summed E-state index contributed by atoms with van der Waals surface area (Å²) in [7, 11) is 0. The average molecular weight is 398 g/mol. The van der Waals surface area contributed by atoms with Crippen molar-refractivity contribution in [2.45, 2.75) is 39.7 Å². The summed E-state index contributed by atoms with van der Waals surface area (Å²) in [5.41, 5.74) is 1.93. The number of aromatic nitrogens is 2. The highest BCUT2D eigenvalue weighted by Crippen LogP contribution is 2.22. The molecule has 2 heterocycles. The standard InChI is InChI=1S/C22H31N5O2/c1-3-23-22(29)27-12-8-19(9-13-27)16-18-4-6-20(7-5-18)21(28)25-11-15-26-14-10-24-17(26)2/h4-7,10,14,19H,3,8-9,11-13,15-16H2,1-2H3,(H,23,29)(H,25,28). The first-order valence-corrected chi connectivity index (χ1v) is 10.4. The van der Waals surface area contributed by atoms with E-state index in [1.54, 1.807) is 6.20 Å². The number of carbonyl (C=O) groups excluding carboxylic acids is 2. The Morgan fingerprint density at radius 2 is 1.86 bits per heavy atom. The van der Waals surface area contributed by atoms with Gasteiger partial charge >= 0.3 is 6.03 Å². The Morgan fingerprint density at radius 3 is 2.48 bits per heavy atom. The zero-order valence-corrected chi connectivity index (χ0v) is 17.4. The van der Waals surface area contributed by atoms with Crippen molar-refractivity contribution < 1.29 is 9.59 Å². The van der Waals surface area contributed by atoms with Gasteiger partial charge in [0.25, 0.3) is 5.91 Å². The highest BCUT2D eigenvalue weighted by atomic mass is 16.2. The van der Waals surface area contributed by atoms with E-state index in [1.807, 2.05) is 53.8 Å². The molecule has 2 aromatic rings. The molecule has 0 bridgehead atoms.